The Morgan fingerprint density at radius 1 is 0.852 bits per heavy atom. The van der Waals surface area contributed by atoms with Crippen molar-refractivity contribution in [1.29, 1.82) is 0 Å². The Bertz CT molecular complexity index is 509. The van der Waals surface area contributed by atoms with Crippen LogP contribution in [0.3, 0.4) is 0 Å². The lowest BCUT2D eigenvalue weighted by Crippen LogP contribution is -2.37. The number of fused-ring (bicyclic) bond motifs is 3. The first-order valence-corrected chi connectivity index (χ1v) is 11.6. The number of likely N-dealkylation sites (tertiary alicyclic amines) is 1. The van der Waals surface area contributed by atoms with Crippen LogP contribution in [-0.4, -0.2) is 41.0 Å². The van der Waals surface area contributed by atoms with Crippen molar-refractivity contribution in [3.05, 3.63) is 35.4 Å². The van der Waals surface area contributed by atoms with Gasteiger partial charge < -0.3 is 0 Å². The lowest BCUT2D eigenvalue weighted by molar-refractivity contribution is 0.170. The van der Waals surface area contributed by atoms with Gasteiger partial charge in [-0.25, -0.2) is 0 Å². The van der Waals surface area contributed by atoms with E-state index < -0.39 is 0 Å². The second kappa shape index (κ2) is 12.6. The second-order valence-corrected chi connectivity index (χ2v) is 8.21. The molecule has 0 aromatic heterocycles. The van der Waals surface area contributed by atoms with E-state index in [-0.39, 0.29) is 0 Å². The highest BCUT2D eigenvalue weighted by Crippen LogP contribution is 2.38. The van der Waals surface area contributed by atoms with Crippen molar-refractivity contribution >= 4 is 0 Å². The predicted molar refractivity (Wildman–Crippen MR) is 121 cm³/mol. The summed E-state index contributed by atoms with van der Waals surface area (Å²) in [5.41, 5.74) is 3.06. The van der Waals surface area contributed by atoms with Crippen LogP contribution in [0.1, 0.15) is 85.8 Å². The van der Waals surface area contributed by atoms with Crippen LogP contribution in [0.5, 0.6) is 0 Å². The van der Waals surface area contributed by atoms with E-state index in [4.69, 9.17) is 0 Å². The van der Waals surface area contributed by atoms with Crippen LogP contribution >= 0.6 is 0 Å². The van der Waals surface area contributed by atoms with E-state index >= 15 is 0 Å². The fourth-order valence-electron chi connectivity index (χ4n) is 4.55. The smallest absolute Gasteiger partial charge is 0.0239 e. The molecule has 2 atom stereocenters. The van der Waals surface area contributed by atoms with Crippen molar-refractivity contribution in [3.63, 3.8) is 0 Å². The third-order valence-corrected chi connectivity index (χ3v) is 6.01. The van der Waals surface area contributed by atoms with Crippen LogP contribution in [0.25, 0.3) is 0 Å². The van der Waals surface area contributed by atoms with Gasteiger partial charge in [-0.1, -0.05) is 52.0 Å². The van der Waals surface area contributed by atoms with Gasteiger partial charge in [-0.2, -0.15) is 0 Å². The molecule has 3 aliphatic rings. The van der Waals surface area contributed by atoms with Crippen molar-refractivity contribution in [1.82, 2.24) is 9.80 Å². The standard InChI is InChI=1S/C12H17N.C9H17N.2C2H6/c1-10(2)13-8-7-11-5-3-4-6-12(11)9-13;1-7(2)10-6-8-3-4-9(10)5-8;2*1-2/h3-6,10H,7-9H2,1-2H3;7-9H,3-6H2,1-2H3;2*1-2H3. The average molecular weight is 375 g/mol. The molecule has 0 amide bonds. The molecule has 1 aromatic rings. The summed E-state index contributed by atoms with van der Waals surface area (Å²) >= 11 is 0. The first kappa shape index (κ1) is 24.2. The van der Waals surface area contributed by atoms with Crippen LogP contribution < -0.4 is 0 Å². The van der Waals surface area contributed by atoms with Gasteiger partial charge >= 0.3 is 0 Å². The normalized spacial score (nSPS) is 23.6. The van der Waals surface area contributed by atoms with Gasteiger partial charge in [0.25, 0.3) is 0 Å². The molecule has 0 radical (unpaired) electrons. The molecule has 2 aliphatic heterocycles. The van der Waals surface area contributed by atoms with E-state index in [9.17, 15) is 0 Å². The van der Waals surface area contributed by atoms with E-state index in [1.165, 1.54) is 44.3 Å². The molecule has 156 valence electrons. The fraction of sp³-hybridized carbons (Fsp3) is 0.760. The molecule has 4 rings (SSSR count). The topological polar surface area (TPSA) is 6.48 Å². The predicted octanol–water partition coefficient (Wildman–Crippen LogP) is 6.38. The van der Waals surface area contributed by atoms with Crippen LogP contribution in [-0.2, 0) is 13.0 Å². The van der Waals surface area contributed by atoms with E-state index in [0.29, 0.717) is 6.04 Å². The van der Waals surface area contributed by atoms with E-state index in [2.05, 4.69) is 61.8 Å². The van der Waals surface area contributed by atoms with Gasteiger partial charge in [-0.05, 0) is 70.4 Å². The summed E-state index contributed by atoms with van der Waals surface area (Å²) in [5.74, 6) is 1.06. The van der Waals surface area contributed by atoms with Gasteiger partial charge in [0.05, 0.1) is 0 Å². The van der Waals surface area contributed by atoms with Gasteiger partial charge in [0.1, 0.15) is 0 Å². The van der Waals surface area contributed by atoms with Crippen LogP contribution in [0.2, 0.25) is 0 Å². The minimum absolute atomic E-state index is 0.674. The van der Waals surface area contributed by atoms with Crippen LogP contribution in [0.4, 0.5) is 0 Å². The van der Waals surface area contributed by atoms with Crippen molar-refractivity contribution in [2.24, 2.45) is 5.92 Å². The van der Waals surface area contributed by atoms with E-state index in [0.717, 1.165) is 24.5 Å². The van der Waals surface area contributed by atoms with Crippen molar-refractivity contribution in [2.75, 3.05) is 13.1 Å². The van der Waals surface area contributed by atoms with Gasteiger partial charge in [-0.15, -0.1) is 0 Å². The molecule has 1 saturated carbocycles. The molecule has 2 bridgehead atoms. The zero-order valence-electron chi connectivity index (χ0n) is 19.5. The molecule has 0 spiro atoms. The molecule has 2 fully saturated rings. The lowest BCUT2D eigenvalue weighted by atomic mass is 9.99. The summed E-state index contributed by atoms with van der Waals surface area (Å²) < 4.78 is 0. The molecule has 2 nitrogen and oxygen atoms in total. The summed E-state index contributed by atoms with van der Waals surface area (Å²) in [5, 5.41) is 0. The van der Waals surface area contributed by atoms with Gasteiger partial charge in [0.15, 0.2) is 0 Å². The van der Waals surface area contributed by atoms with Crippen molar-refractivity contribution < 1.29 is 0 Å². The average Bonchev–Trinajstić information content (AvgIpc) is 3.35. The molecule has 2 unspecified atom stereocenters. The Morgan fingerprint density at radius 2 is 1.48 bits per heavy atom. The monoisotopic (exact) mass is 374 g/mol. The molecule has 1 aromatic carbocycles. The quantitative estimate of drug-likeness (QED) is 0.592. The Kier molecular flexibility index (Phi) is 11.3. The maximum absolute atomic E-state index is 2.67. The molecular weight excluding hydrogens is 328 g/mol. The summed E-state index contributed by atoms with van der Waals surface area (Å²) in [7, 11) is 0. The number of rotatable bonds is 2. The fourth-order valence-corrected chi connectivity index (χ4v) is 4.55. The van der Waals surface area contributed by atoms with Crippen LogP contribution in [0.15, 0.2) is 24.3 Å². The highest BCUT2D eigenvalue weighted by atomic mass is 15.2. The zero-order chi connectivity index (χ0) is 20.4. The van der Waals surface area contributed by atoms with Gasteiger partial charge in [-0.3, -0.25) is 9.80 Å². The second-order valence-electron chi connectivity index (χ2n) is 8.21. The molecule has 2 heteroatoms. The van der Waals surface area contributed by atoms with Crippen molar-refractivity contribution in [3.8, 4) is 0 Å². The Labute approximate surface area is 170 Å². The summed E-state index contributed by atoms with van der Waals surface area (Å²) in [4.78, 5) is 5.20. The Morgan fingerprint density at radius 3 is 1.93 bits per heavy atom. The van der Waals surface area contributed by atoms with E-state index in [1.807, 2.05) is 27.7 Å². The lowest BCUT2D eigenvalue weighted by Gasteiger charge is -2.31. The number of hydrogen-bond acceptors (Lipinski definition) is 2. The van der Waals surface area contributed by atoms with E-state index in [1.54, 1.807) is 5.56 Å². The van der Waals surface area contributed by atoms with Gasteiger partial charge in [0.2, 0.25) is 0 Å². The SMILES string of the molecule is CC.CC.CC(C)N1CC2CCC1C2.CC(C)N1CCc2ccccc2C1. The summed E-state index contributed by atoms with van der Waals surface area (Å²) in [6.07, 6.45) is 5.70. The zero-order valence-corrected chi connectivity index (χ0v) is 19.5. The van der Waals surface area contributed by atoms with Crippen molar-refractivity contribution in [2.45, 2.75) is 106 Å². The van der Waals surface area contributed by atoms with Crippen LogP contribution in [0, 0.1) is 5.92 Å². The highest BCUT2D eigenvalue weighted by Gasteiger charge is 2.38. The number of benzene rings is 1. The summed E-state index contributed by atoms with van der Waals surface area (Å²) in [6.45, 7) is 20.9. The molecule has 27 heavy (non-hydrogen) atoms. The minimum Gasteiger partial charge on any atom is -0.298 e. The third kappa shape index (κ3) is 6.91. The molecule has 0 N–H and O–H groups in total. The number of hydrogen-bond donors (Lipinski definition) is 0. The van der Waals surface area contributed by atoms with Gasteiger partial charge in [0, 0.05) is 37.8 Å². The number of nitrogens with zero attached hydrogens (tertiary/aromatic N) is 2. The largest absolute Gasteiger partial charge is 0.298 e. The Balaban J connectivity index is 0.000000233. The number of piperidine rings is 1. The molecule has 1 saturated heterocycles. The maximum atomic E-state index is 2.67. The maximum Gasteiger partial charge on any atom is 0.0239 e. The summed E-state index contributed by atoms with van der Waals surface area (Å²) in [6, 6.07) is 11.2. The molecule has 1 aliphatic carbocycles. The third-order valence-electron chi connectivity index (χ3n) is 6.01. The minimum atomic E-state index is 0.674. The molecular formula is C25H46N2. The Hall–Kier alpha value is -0.860. The first-order chi connectivity index (χ1) is 13.0. The highest BCUT2D eigenvalue weighted by molar-refractivity contribution is 5.29. The molecule has 2 heterocycles. The first-order valence-electron chi connectivity index (χ1n) is 11.6.